The molecule has 0 fully saturated rings. The molecule has 0 spiro atoms. The quantitative estimate of drug-likeness (QED) is 0.672. The van der Waals surface area contributed by atoms with Crippen LogP contribution in [-0.2, 0) is 5.31 Å². The summed E-state index contributed by atoms with van der Waals surface area (Å²) in [7, 11) is -1.86. The van der Waals surface area contributed by atoms with Crippen molar-refractivity contribution < 1.29 is 5.31 Å². The summed E-state index contributed by atoms with van der Waals surface area (Å²) in [6, 6.07) is 1.04. The van der Waals surface area contributed by atoms with Gasteiger partial charge in [0.15, 0.2) is 0 Å². The summed E-state index contributed by atoms with van der Waals surface area (Å²) in [5.74, 6) is 0. The molecule has 5 heteroatoms. The Labute approximate surface area is 92.4 Å². The first-order valence-corrected chi connectivity index (χ1v) is 7.72. The van der Waals surface area contributed by atoms with Crippen molar-refractivity contribution >= 4 is 56.3 Å². The molecule has 0 aromatic rings. The summed E-state index contributed by atoms with van der Waals surface area (Å²) < 4.78 is 10.8. The molecule has 0 heterocycles. The second-order valence-electron chi connectivity index (χ2n) is 1.99. The predicted molar refractivity (Wildman–Crippen MR) is 44.7 cm³/mol. The molecule has 10 heavy (non-hydrogen) atoms. The van der Waals surface area contributed by atoms with E-state index in [4.69, 9.17) is 5.31 Å². The molecule has 0 N–H and O–H groups in total. The van der Waals surface area contributed by atoms with Crippen LogP contribution >= 0.6 is 0 Å². The van der Waals surface area contributed by atoms with Crippen LogP contribution < -0.4 is 0 Å². The Morgan fingerprint density at radius 2 is 2.40 bits per heavy atom. The third kappa shape index (κ3) is 3.29. The van der Waals surface area contributed by atoms with E-state index in [2.05, 4.69) is 13.5 Å². The number of hydrogen-bond donors (Lipinski definition) is 0. The van der Waals surface area contributed by atoms with Gasteiger partial charge in [-0.15, -0.1) is 0 Å². The molecule has 1 atom stereocenters. The zero-order valence-electron chi connectivity index (χ0n) is 6.09. The molecule has 0 aromatic heterocycles. The number of hydrogen-bond acceptors (Lipinski definition) is 2. The van der Waals surface area contributed by atoms with Gasteiger partial charge < -0.3 is 0 Å². The van der Waals surface area contributed by atoms with Gasteiger partial charge in [-0.05, 0) is 0 Å². The van der Waals surface area contributed by atoms with Crippen LogP contribution in [0.25, 0.3) is 0 Å². The van der Waals surface area contributed by atoms with Crippen LogP contribution in [0.2, 0.25) is 6.04 Å². The zero-order chi connectivity index (χ0) is 8.04. The molecule has 0 bridgehead atoms. The van der Waals surface area contributed by atoms with Crippen molar-refractivity contribution in [1.82, 2.24) is 0 Å². The predicted octanol–water partition coefficient (Wildman–Crippen LogP) is 0.764. The fourth-order valence-corrected chi connectivity index (χ4v) is 8.62. The van der Waals surface area contributed by atoms with E-state index in [0.29, 0.717) is 0 Å². The summed E-state index contributed by atoms with van der Waals surface area (Å²) in [5.41, 5.74) is 1.88. The summed E-state index contributed by atoms with van der Waals surface area (Å²) in [6.07, 6.45) is 1.12. The van der Waals surface area contributed by atoms with Crippen molar-refractivity contribution in [3.8, 4) is 0 Å². The maximum atomic E-state index is 5.43. The molecule has 53 valence electrons. The third-order valence-electron chi connectivity index (χ3n) is 1.28. The fourth-order valence-electron chi connectivity index (χ4n) is 0.674. The SMILES string of the molecule is C=C[Si](CCC)([O][In])[O][Sn]. The molecular formula is C5H10InO2SiSn. The molecular weight excluding hydrogens is 354 g/mol. The summed E-state index contributed by atoms with van der Waals surface area (Å²) in [5, 5.41) is 0. The molecule has 0 aliphatic heterocycles. The van der Waals surface area contributed by atoms with Gasteiger partial charge in [0.1, 0.15) is 0 Å². The molecule has 2 nitrogen and oxygen atoms in total. The molecule has 0 saturated carbocycles. The van der Waals surface area contributed by atoms with Gasteiger partial charge in [0, 0.05) is 0 Å². The molecule has 0 aliphatic carbocycles. The minimum atomic E-state index is -1.86. The van der Waals surface area contributed by atoms with E-state index < -0.39 is 8.56 Å². The first-order chi connectivity index (χ1) is 4.74. The van der Waals surface area contributed by atoms with E-state index >= 15 is 0 Å². The van der Waals surface area contributed by atoms with Crippen LogP contribution in [0.15, 0.2) is 12.3 Å². The van der Waals surface area contributed by atoms with Gasteiger partial charge in [-0.2, -0.15) is 0 Å². The van der Waals surface area contributed by atoms with Gasteiger partial charge >= 0.3 is 93.3 Å². The minimum absolute atomic E-state index is 0.820. The van der Waals surface area contributed by atoms with Crippen molar-refractivity contribution in [3.05, 3.63) is 12.3 Å². The van der Waals surface area contributed by atoms with Crippen LogP contribution in [0.1, 0.15) is 13.3 Å². The van der Waals surface area contributed by atoms with E-state index in [9.17, 15) is 0 Å². The summed E-state index contributed by atoms with van der Waals surface area (Å²) in [4.78, 5) is 0. The third-order valence-corrected chi connectivity index (χ3v) is 10.2. The average molecular weight is 364 g/mol. The van der Waals surface area contributed by atoms with Crippen molar-refractivity contribution in [2.45, 2.75) is 19.4 Å². The van der Waals surface area contributed by atoms with E-state index in [0.717, 1.165) is 60.2 Å². The van der Waals surface area contributed by atoms with Crippen molar-refractivity contribution in [2.24, 2.45) is 0 Å². The Bertz CT molecular complexity index is 108. The van der Waals surface area contributed by atoms with Gasteiger partial charge in [-0.1, -0.05) is 0 Å². The topological polar surface area (TPSA) is 18.5 Å². The summed E-state index contributed by atoms with van der Waals surface area (Å²) >= 11 is 1.92. The Morgan fingerprint density at radius 3 is 2.50 bits per heavy atom. The first-order valence-electron chi connectivity index (χ1n) is 3.11. The number of rotatable bonds is 5. The molecule has 0 saturated heterocycles. The van der Waals surface area contributed by atoms with Gasteiger partial charge in [0.2, 0.25) is 0 Å². The van der Waals surface area contributed by atoms with E-state index in [-0.39, 0.29) is 0 Å². The van der Waals surface area contributed by atoms with Gasteiger partial charge in [0.25, 0.3) is 0 Å². The van der Waals surface area contributed by atoms with Crippen LogP contribution in [0.4, 0.5) is 0 Å². The molecule has 0 aromatic carbocycles. The van der Waals surface area contributed by atoms with Crippen molar-refractivity contribution in [1.29, 1.82) is 0 Å². The normalized spacial score (nSPS) is 16.2. The monoisotopic (exact) mass is 365 g/mol. The van der Waals surface area contributed by atoms with Crippen LogP contribution in [-0.4, -0.2) is 56.3 Å². The maximum absolute atomic E-state index is 5.43. The Kier molecular flexibility index (Phi) is 7.05. The van der Waals surface area contributed by atoms with Gasteiger partial charge in [-0.25, -0.2) is 0 Å². The van der Waals surface area contributed by atoms with E-state index in [1.54, 1.807) is 0 Å². The first kappa shape index (κ1) is 11.5. The van der Waals surface area contributed by atoms with Crippen molar-refractivity contribution in [3.63, 3.8) is 0 Å². The van der Waals surface area contributed by atoms with E-state index in [1.165, 1.54) is 0 Å². The molecule has 5 radical (unpaired) electrons. The summed E-state index contributed by atoms with van der Waals surface area (Å²) in [6.45, 7) is 5.88. The second-order valence-corrected chi connectivity index (χ2v) is 8.72. The van der Waals surface area contributed by atoms with Gasteiger partial charge in [0.05, 0.1) is 0 Å². The van der Waals surface area contributed by atoms with Crippen molar-refractivity contribution in [2.75, 3.05) is 0 Å². The standard InChI is InChI=1S/C5H10O2Si.In.Sn/c1-3-5-8(6,7)4-2;;/h4H,2-3,5H2,1H3;;/q-2;2*+1. The average Bonchev–Trinajstić information content (AvgIpc) is 2.01. The molecule has 0 rings (SSSR count). The Hall–Kier alpha value is 1.55. The van der Waals surface area contributed by atoms with Crippen LogP contribution in [0.5, 0.6) is 0 Å². The molecule has 0 aliphatic rings. The molecule has 0 amide bonds. The second kappa shape index (κ2) is 6.11. The molecule has 1 unspecified atom stereocenters. The van der Waals surface area contributed by atoms with Gasteiger partial charge in [-0.3, -0.25) is 0 Å². The Morgan fingerprint density at radius 1 is 1.80 bits per heavy atom. The van der Waals surface area contributed by atoms with Crippen LogP contribution in [0, 0.1) is 0 Å². The van der Waals surface area contributed by atoms with Crippen LogP contribution in [0.3, 0.4) is 0 Å². The Balaban J connectivity index is 4.00. The fraction of sp³-hybridized carbons (Fsp3) is 0.600. The van der Waals surface area contributed by atoms with E-state index in [1.807, 2.05) is 5.70 Å². The zero-order valence-corrected chi connectivity index (χ0v) is 13.2.